The van der Waals surface area contributed by atoms with Crippen LogP contribution < -0.4 is 0 Å². The van der Waals surface area contributed by atoms with Crippen LogP contribution in [0.3, 0.4) is 0 Å². The molecule has 1 heterocycles. The zero-order chi connectivity index (χ0) is 12.2. The normalized spacial score (nSPS) is 18.4. The van der Waals surface area contributed by atoms with E-state index in [4.69, 9.17) is 0 Å². The average Bonchev–Trinajstić information content (AvgIpc) is 2.64. The third-order valence-electron chi connectivity index (χ3n) is 3.69. The molecule has 1 aromatic heterocycles. The highest BCUT2D eigenvalue weighted by molar-refractivity contribution is 9.10. The Labute approximate surface area is 109 Å². The van der Waals surface area contributed by atoms with Crippen LogP contribution in [0.4, 0.5) is 0 Å². The Balaban J connectivity index is 2.42. The van der Waals surface area contributed by atoms with Crippen LogP contribution in [0.5, 0.6) is 0 Å². The molecule has 0 atom stereocenters. The number of benzene rings is 1. The maximum atomic E-state index is 12.0. The number of Topliss-reactive ketones (excluding diaryl/α,β-unsaturated/α-hetero) is 1. The van der Waals surface area contributed by atoms with E-state index in [0.29, 0.717) is 6.42 Å². The largest absolute Gasteiger partial charge is 0.352 e. The Morgan fingerprint density at radius 2 is 2.12 bits per heavy atom. The molecule has 0 radical (unpaired) electrons. The van der Waals surface area contributed by atoms with Gasteiger partial charge < -0.3 is 4.98 Å². The number of aromatic nitrogens is 1. The maximum absolute atomic E-state index is 12.0. The molecule has 1 N–H and O–H groups in total. The zero-order valence-corrected chi connectivity index (χ0v) is 11.5. The Morgan fingerprint density at radius 1 is 1.35 bits per heavy atom. The number of rotatable bonds is 0. The molecule has 0 aliphatic heterocycles. The van der Waals surface area contributed by atoms with E-state index >= 15 is 0 Å². The molecule has 2 nitrogen and oxygen atoms in total. The second-order valence-electron chi connectivity index (χ2n) is 5.37. The third-order valence-corrected chi connectivity index (χ3v) is 4.19. The number of hydrogen-bond donors (Lipinski definition) is 1. The molecule has 0 spiro atoms. The summed E-state index contributed by atoms with van der Waals surface area (Å²) in [4.78, 5) is 15.3. The molecule has 0 bridgehead atoms. The summed E-state index contributed by atoms with van der Waals surface area (Å²) in [5.74, 6) is 0.242. The van der Waals surface area contributed by atoms with Gasteiger partial charge in [0.1, 0.15) is 0 Å². The zero-order valence-electron chi connectivity index (χ0n) is 9.93. The second-order valence-corrected chi connectivity index (χ2v) is 6.29. The van der Waals surface area contributed by atoms with Gasteiger partial charge in [0, 0.05) is 21.8 Å². The summed E-state index contributed by atoms with van der Waals surface area (Å²) in [7, 11) is 0. The number of hydrogen-bond acceptors (Lipinski definition) is 1. The van der Waals surface area contributed by atoms with Crippen molar-refractivity contribution in [2.45, 2.75) is 32.1 Å². The minimum absolute atomic E-state index is 0.0717. The fourth-order valence-corrected chi connectivity index (χ4v) is 3.11. The van der Waals surface area contributed by atoms with Crippen LogP contribution >= 0.6 is 15.9 Å². The van der Waals surface area contributed by atoms with E-state index in [-0.39, 0.29) is 11.2 Å². The van der Waals surface area contributed by atoms with Gasteiger partial charge in [0.05, 0.1) is 5.69 Å². The van der Waals surface area contributed by atoms with E-state index in [1.807, 2.05) is 12.1 Å². The lowest BCUT2D eigenvalue weighted by molar-refractivity contribution is 0.0953. The molecular weight excluding hydrogens is 278 g/mol. The minimum atomic E-state index is 0.0717. The van der Waals surface area contributed by atoms with Crippen LogP contribution in [0.2, 0.25) is 0 Å². The van der Waals surface area contributed by atoms with Gasteiger partial charge in [0.2, 0.25) is 0 Å². The molecule has 2 aromatic rings. The predicted octanol–water partition coefficient (Wildman–Crippen LogP) is 4.18. The first kappa shape index (κ1) is 11.0. The van der Waals surface area contributed by atoms with Crippen molar-refractivity contribution in [2.75, 3.05) is 0 Å². The second kappa shape index (κ2) is 3.45. The van der Waals surface area contributed by atoms with Crippen molar-refractivity contribution in [1.82, 2.24) is 4.98 Å². The maximum Gasteiger partial charge on any atom is 0.179 e. The number of fused-ring (bicyclic) bond motifs is 3. The topological polar surface area (TPSA) is 32.9 Å². The lowest BCUT2D eigenvalue weighted by Gasteiger charge is -2.29. The smallest absolute Gasteiger partial charge is 0.179 e. The highest BCUT2D eigenvalue weighted by atomic mass is 79.9. The lowest BCUT2D eigenvalue weighted by Crippen LogP contribution is -2.26. The lowest BCUT2D eigenvalue weighted by atomic mass is 9.74. The molecule has 1 aliphatic rings. The predicted molar refractivity (Wildman–Crippen MR) is 72.6 cm³/mol. The van der Waals surface area contributed by atoms with E-state index in [0.717, 1.165) is 22.1 Å². The first-order valence-electron chi connectivity index (χ1n) is 5.84. The van der Waals surface area contributed by atoms with Crippen LogP contribution in [0.1, 0.15) is 42.7 Å². The third kappa shape index (κ3) is 1.56. The molecule has 3 rings (SSSR count). The average molecular weight is 292 g/mol. The molecule has 0 unspecified atom stereocenters. The molecule has 0 saturated carbocycles. The van der Waals surface area contributed by atoms with Gasteiger partial charge >= 0.3 is 0 Å². The van der Waals surface area contributed by atoms with Crippen molar-refractivity contribution in [3.8, 4) is 0 Å². The Kier molecular flexibility index (Phi) is 2.24. The van der Waals surface area contributed by atoms with Gasteiger partial charge in [0.25, 0.3) is 0 Å². The van der Waals surface area contributed by atoms with Crippen LogP contribution in [0.15, 0.2) is 22.7 Å². The number of H-pyrrole nitrogens is 1. The summed E-state index contributed by atoms with van der Waals surface area (Å²) in [6.07, 6.45) is 1.58. The molecule has 3 heteroatoms. The summed E-state index contributed by atoms with van der Waals surface area (Å²) < 4.78 is 1.06. The van der Waals surface area contributed by atoms with Crippen molar-refractivity contribution in [2.24, 2.45) is 0 Å². The van der Waals surface area contributed by atoms with Crippen LogP contribution in [-0.4, -0.2) is 10.8 Å². The molecule has 0 fully saturated rings. The van der Waals surface area contributed by atoms with Gasteiger partial charge in [-0.3, -0.25) is 4.79 Å². The molecular formula is C14H14BrNO. The van der Waals surface area contributed by atoms with Crippen LogP contribution in [0, 0.1) is 0 Å². The SMILES string of the molecule is CC1(C)CCC(=O)c2[nH]c3ccc(Br)cc3c21. The standard InChI is InChI=1S/C14H14BrNO/c1-14(2)6-5-11(17)13-12(14)9-7-8(15)3-4-10(9)16-13/h3-4,7,16H,5-6H2,1-2H3. The summed E-state index contributed by atoms with van der Waals surface area (Å²) in [5.41, 5.74) is 3.13. The van der Waals surface area contributed by atoms with Crippen molar-refractivity contribution in [1.29, 1.82) is 0 Å². The van der Waals surface area contributed by atoms with Gasteiger partial charge in [-0.25, -0.2) is 0 Å². The fourth-order valence-electron chi connectivity index (χ4n) is 2.75. The number of halogens is 1. The molecule has 0 amide bonds. The van der Waals surface area contributed by atoms with Gasteiger partial charge in [-0.2, -0.15) is 0 Å². The van der Waals surface area contributed by atoms with Crippen molar-refractivity contribution < 1.29 is 4.79 Å². The number of carbonyl (C=O) groups is 1. The number of carbonyl (C=O) groups excluding carboxylic acids is 1. The van der Waals surface area contributed by atoms with E-state index in [2.05, 4.69) is 40.8 Å². The Hall–Kier alpha value is -1.09. The first-order chi connectivity index (χ1) is 7.99. The van der Waals surface area contributed by atoms with Crippen LogP contribution in [-0.2, 0) is 5.41 Å². The van der Waals surface area contributed by atoms with E-state index in [1.165, 1.54) is 10.9 Å². The molecule has 1 aliphatic carbocycles. The van der Waals surface area contributed by atoms with Crippen LogP contribution in [0.25, 0.3) is 10.9 Å². The van der Waals surface area contributed by atoms with Gasteiger partial charge in [-0.05, 0) is 35.6 Å². The summed E-state index contributed by atoms with van der Waals surface area (Å²) >= 11 is 3.50. The molecule has 17 heavy (non-hydrogen) atoms. The molecule has 88 valence electrons. The van der Waals surface area contributed by atoms with E-state index < -0.39 is 0 Å². The fraction of sp³-hybridized carbons (Fsp3) is 0.357. The minimum Gasteiger partial charge on any atom is -0.352 e. The van der Waals surface area contributed by atoms with E-state index in [1.54, 1.807) is 0 Å². The number of aromatic amines is 1. The number of ketones is 1. The van der Waals surface area contributed by atoms with Gasteiger partial charge in [0.15, 0.2) is 5.78 Å². The van der Waals surface area contributed by atoms with Crippen molar-refractivity contribution in [3.05, 3.63) is 33.9 Å². The Bertz CT molecular complexity index is 624. The highest BCUT2D eigenvalue weighted by Crippen LogP contribution is 2.41. The van der Waals surface area contributed by atoms with Gasteiger partial charge in [-0.15, -0.1) is 0 Å². The summed E-state index contributed by atoms with van der Waals surface area (Å²) in [6, 6.07) is 6.13. The summed E-state index contributed by atoms with van der Waals surface area (Å²) in [6.45, 7) is 4.43. The monoisotopic (exact) mass is 291 g/mol. The van der Waals surface area contributed by atoms with Crippen molar-refractivity contribution >= 4 is 32.6 Å². The molecule has 1 aromatic carbocycles. The highest BCUT2D eigenvalue weighted by Gasteiger charge is 2.34. The number of nitrogens with one attached hydrogen (secondary N) is 1. The molecule has 0 saturated heterocycles. The summed E-state index contributed by atoms with van der Waals surface area (Å²) in [5, 5.41) is 1.17. The van der Waals surface area contributed by atoms with E-state index in [9.17, 15) is 4.79 Å². The van der Waals surface area contributed by atoms with Gasteiger partial charge in [-0.1, -0.05) is 29.8 Å². The first-order valence-corrected chi connectivity index (χ1v) is 6.63. The van der Waals surface area contributed by atoms with Crippen molar-refractivity contribution in [3.63, 3.8) is 0 Å². The quantitative estimate of drug-likeness (QED) is 0.776. The Morgan fingerprint density at radius 3 is 2.88 bits per heavy atom.